The first kappa shape index (κ1) is 18.3. The van der Waals surface area contributed by atoms with Crippen LogP contribution in [0.4, 0.5) is 10.1 Å². The second-order valence-electron chi connectivity index (χ2n) is 6.02. The predicted octanol–water partition coefficient (Wildman–Crippen LogP) is 2.03. The zero-order chi connectivity index (χ0) is 19.2. The normalized spacial score (nSPS) is 10.6. The smallest absolute Gasteiger partial charge is 0.316 e. The van der Waals surface area contributed by atoms with Crippen molar-refractivity contribution < 1.29 is 9.18 Å². The SMILES string of the molecule is O=C(Cn1ccn(CCc2ccccc2)c(=O)c1=O)Nc1ccc(F)cc1. The lowest BCUT2D eigenvalue weighted by Crippen LogP contribution is -2.42. The molecule has 0 spiro atoms. The number of aromatic nitrogens is 2. The van der Waals surface area contributed by atoms with Gasteiger partial charge in [-0.2, -0.15) is 0 Å². The molecule has 0 unspecified atom stereocenters. The molecule has 0 saturated heterocycles. The molecule has 0 aliphatic carbocycles. The van der Waals surface area contributed by atoms with E-state index in [4.69, 9.17) is 0 Å². The van der Waals surface area contributed by atoms with Crippen LogP contribution >= 0.6 is 0 Å². The fourth-order valence-electron chi connectivity index (χ4n) is 2.63. The van der Waals surface area contributed by atoms with E-state index in [0.29, 0.717) is 18.7 Å². The van der Waals surface area contributed by atoms with Gasteiger partial charge in [-0.1, -0.05) is 30.3 Å². The van der Waals surface area contributed by atoms with Gasteiger partial charge in [-0.3, -0.25) is 19.0 Å². The van der Waals surface area contributed by atoms with Crippen molar-refractivity contribution in [2.75, 3.05) is 5.32 Å². The molecule has 0 aliphatic rings. The summed E-state index contributed by atoms with van der Waals surface area (Å²) in [5, 5.41) is 2.55. The number of rotatable bonds is 6. The molecule has 1 aromatic heterocycles. The molecule has 0 aliphatic heterocycles. The number of hydrogen-bond acceptors (Lipinski definition) is 3. The second kappa shape index (κ2) is 8.27. The van der Waals surface area contributed by atoms with Crippen LogP contribution in [0.1, 0.15) is 5.56 Å². The van der Waals surface area contributed by atoms with Crippen LogP contribution < -0.4 is 16.4 Å². The van der Waals surface area contributed by atoms with Gasteiger partial charge < -0.3 is 9.88 Å². The number of aryl methyl sites for hydroxylation is 2. The molecule has 1 N–H and O–H groups in total. The minimum Gasteiger partial charge on any atom is -0.325 e. The molecule has 1 heterocycles. The largest absolute Gasteiger partial charge is 0.325 e. The van der Waals surface area contributed by atoms with Crippen LogP contribution in [-0.2, 0) is 24.3 Å². The number of nitrogens with zero attached hydrogens (tertiary/aromatic N) is 2. The molecular formula is C20H18FN3O3. The van der Waals surface area contributed by atoms with Gasteiger partial charge in [0.15, 0.2) is 0 Å². The van der Waals surface area contributed by atoms with Crippen LogP contribution in [-0.4, -0.2) is 15.0 Å². The summed E-state index contributed by atoms with van der Waals surface area (Å²) in [4.78, 5) is 36.5. The van der Waals surface area contributed by atoms with Gasteiger partial charge in [-0.05, 0) is 36.2 Å². The quantitative estimate of drug-likeness (QED) is 0.678. The van der Waals surface area contributed by atoms with E-state index in [1.165, 1.54) is 41.2 Å². The van der Waals surface area contributed by atoms with Crippen molar-refractivity contribution in [3.63, 3.8) is 0 Å². The Kier molecular flexibility index (Phi) is 5.61. The maximum atomic E-state index is 12.9. The number of hydrogen-bond donors (Lipinski definition) is 1. The lowest BCUT2D eigenvalue weighted by molar-refractivity contribution is -0.116. The molecular weight excluding hydrogens is 349 g/mol. The highest BCUT2D eigenvalue weighted by molar-refractivity contribution is 5.90. The van der Waals surface area contributed by atoms with Gasteiger partial charge in [0.25, 0.3) is 0 Å². The van der Waals surface area contributed by atoms with E-state index >= 15 is 0 Å². The summed E-state index contributed by atoms with van der Waals surface area (Å²) >= 11 is 0. The zero-order valence-corrected chi connectivity index (χ0v) is 14.5. The average molecular weight is 367 g/mol. The van der Waals surface area contributed by atoms with Crippen LogP contribution in [0, 0.1) is 5.82 Å². The highest BCUT2D eigenvalue weighted by Crippen LogP contribution is 2.08. The summed E-state index contributed by atoms with van der Waals surface area (Å²) in [7, 11) is 0. The van der Waals surface area contributed by atoms with Gasteiger partial charge in [0.05, 0.1) is 0 Å². The average Bonchev–Trinajstić information content (AvgIpc) is 2.67. The van der Waals surface area contributed by atoms with Crippen LogP contribution in [0.25, 0.3) is 0 Å². The van der Waals surface area contributed by atoms with Gasteiger partial charge in [0.1, 0.15) is 12.4 Å². The van der Waals surface area contributed by atoms with Crippen molar-refractivity contribution in [1.29, 1.82) is 0 Å². The van der Waals surface area contributed by atoms with E-state index in [0.717, 1.165) is 10.1 Å². The number of amides is 1. The van der Waals surface area contributed by atoms with E-state index in [-0.39, 0.29) is 6.54 Å². The summed E-state index contributed by atoms with van der Waals surface area (Å²) in [5.41, 5.74) is 0.0285. The molecule has 0 radical (unpaired) electrons. The van der Waals surface area contributed by atoms with Crippen molar-refractivity contribution >= 4 is 11.6 Å². The molecule has 2 aromatic carbocycles. The lowest BCUT2D eigenvalue weighted by Gasteiger charge is -2.10. The summed E-state index contributed by atoms with van der Waals surface area (Å²) < 4.78 is 15.3. The summed E-state index contributed by atoms with van der Waals surface area (Å²) in [6, 6.07) is 14.9. The summed E-state index contributed by atoms with van der Waals surface area (Å²) in [6.45, 7) is 0.0751. The van der Waals surface area contributed by atoms with Gasteiger partial charge >= 0.3 is 11.1 Å². The predicted molar refractivity (Wildman–Crippen MR) is 100 cm³/mol. The molecule has 3 aromatic rings. The molecule has 0 bridgehead atoms. The molecule has 0 saturated carbocycles. The number of halogens is 1. The number of carbonyl (C=O) groups excluding carboxylic acids is 1. The van der Waals surface area contributed by atoms with E-state index in [1.54, 1.807) is 0 Å². The van der Waals surface area contributed by atoms with E-state index < -0.39 is 22.8 Å². The minimum atomic E-state index is -0.764. The summed E-state index contributed by atoms with van der Waals surface area (Å²) in [6.07, 6.45) is 3.53. The molecule has 0 fully saturated rings. The number of carbonyl (C=O) groups is 1. The van der Waals surface area contributed by atoms with Crippen LogP contribution in [0.2, 0.25) is 0 Å². The third-order valence-electron chi connectivity index (χ3n) is 4.06. The number of benzene rings is 2. The van der Waals surface area contributed by atoms with Crippen LogP contribution in [0.15, 0.2) is 76.6 Å². The van der Waals surface area contributed by atoms with Crippen LogP contribution in [0.5, 0.6) is 0 Å². The Morgan fingerprint density at radius 3 is 2.22 bits per heavy atom. The molecule has 0 atom stereocenters. The Balaban J connectivity index is 1.67. The maximum absolute atomic E-state index is 12.9. The number of nitrogens with one attached hydrogen (secondary N) is 1. The van der Waals surface area contributed by atoms with Crippen molar-refractivity contribution in [2.24, 2.45) is 0 Å². The Hall–Kier alpha value is -3.48. The Morgan fingerprint density at radius 2 is 1.52 bits per heavy atom. The standard InChI is InChI=1S/C20H18FN3O3/c21-16-6-8-17(9-7-16)22-18(25)14-24-13-12-23(19(26)20(24)27)11-10-15-4-2-1-3-5-15/h1-9,12-13H,10-11,14H2,(H,22,25). The van der Waals surface area contributed by atoms with Crippen molar-refractivity contribution in [1.82, 2.24) is 9.13 Å². The van der Waals surface area contributed by atoms with Crippen molar-refractivity contribution in [3.05, 3.63) is 99.1 Å². The molecule has 27 heavy (non-hydrogen) atoms. The second-order valence-corrected chi connectivity index (χ2v) is 6.02. The van der Waals surface area contributed by atoms with Crippen LogP contribution in [0.3, 0.4) is 0 Å². The third kappa shape index (κ3) is 4.78. The first-order valence-electron chi connectivity index (χ1n) is 8.42. The maximum Gasteiger partial charge on any atom is 0.316 e. The van der Waals surface area contributed by atoms with E-state index in [1.807, 2.05) is 30.3 Å². The topological polar surface area (TPSA) is 73.1 Å². The van der Waals surface area contributed by atoms with Gasteiger partial charge in [-0.15, -0.1) is 0 Å². The Labute approximate surface area is 154 Å². The summed E-state index contributed by atoms with van der Waals surface area (Å²) in [5.74, 6) is -0.895. The fraction of sp³-hybridized carbons (Fsp3) is 0.150. The Bertz CT molecular complexity index is 1040. The highest BCUT2D eigenvalue weighted by atomic mass is 19.1. The van der Waals surface area contributed by atoms with Gasteiger partial charge in [0.2, 0.25) is 5.91 Å². The molecule has 1 amide bonds. The van der Waals surface area contributed by atoms with E-state index in [9.17, 15) is 18.8 Å². The third-order valence-corrected chi connectivity index (χ3v) is 4.06. The molecule has 6 nitrogen and oxygen atoms in total. The minimum absolute atomic E-state index is 0.301. The molecule has 138 valence electrons. The fourth-order valence-corrected chi connectivity index (χ4v) is 2.63. The molecule has 3 rings (SSSR count). The number of anilines is 1. The van der Waals surface area contributed by atoms with Gasteiger partial charge in [-0.25, -0.2) is 4.39 Å². The Morgan fingerprint density at radius 1 is 0.889 bits per heavy atom. The first-order valence-corrected chi connectivity index (χ1v) is 8.42. The lowest BCUT2D eigenvalue weighted by atomic mass is 10.1. The van der Waals surface area contributed by atoms with Crippen molar-refractivity contribution in [2.45, 2.75) is 19.5 Å². The van der Waals surface area contributed by atoms with E-state index in [2.05, 4.69) is 5.32 Å². The highest BCUT2D eigenvalue weighted by Gasteiger charge is 2.09. The molecule has 7 heteroatoms. The van der Waals surface area contributed by atoms with Gasteiger partial charge in [0, 0.05) is 24.6 Å². The zero-order valence-electron chi connectivity index (χ0n) is 14.5. The first-order chi connectivity index (χ1) is 13.0. The van der Waals surface area contributed by atoms with Crippen molar-refractivity contribution in [3.8, 4) is 0 Å². The monoisotopic (exact) mass is 367 g/mol.